The average Bonchev–Trinajstić information content (AvgIpc) is 2.75. The van der Waals surface area contributed by atoms with E-state index in [2.05, 4.69) is 77.6 Å². The van der Waals surface area contributed by atoms with Crippen molar-refractivity contribution in [3.8, 4) is 0 Å². The van der Waals surface area contributed by atoms with E-state index in [1.807, 2.05) is 0 Å². The Morgan fingerprint density at radius 2 is 0.912 bits per heavy atom. The Balaban J connectivity index is 0.000000445. The van der Waals surface area contributed by atoms with Crippen LogP contribution in [0.15, 0.2) is 0 Å². The summed E-state index contributed by atoms with van der Waals surface area (Å²) >= 11 is 7.53. The molecule has 0 atom stereocenters. The van der Waals surface area contributed by atoms with Gasteiger partial charge in [0.1, 0.15) is 0 Å². The molecule has 0 radical (unpaired) electrons. The summed E-state index contributed by atoms with van der Waals surface area (Å²) in [6, 6.07) is 0. The molecule has 0 saturated heterocycles. The Bertz CT molecular complexity index is 652. The molecule has 0 aliphatic carbocycles. The molecular formula is C12H27BiN9O9S3+3. The maximum atomic E-state index is 9.60. The fraction of sp³-hybridized carbons (Fsp3) is 0.750. The summed E-state index contributed by atoms with van der Waals surface area (Å²) in [5.41, 5.74) is 0. The van der Waals surface area contributed by atoms with Crippen LogP contribution in [0.4, 0.5) is 0 Å². The van der Waals surface area contributed by atoms with Crippen LogP contribution in [0.2, 0.25) is 0 Å². The Morgan fingerprint density at radius 1 is 0.647 bits per heavy atom. The molecule has 0 saturated carbocycles. The Hall–Kier alpha value is -2.06. The Kier molecular flexibility index (Phi) is 19.1. The van der Waals surface area contributed by atoms with Crippen LogP contribution in [0.5, 0.6) is 0 Å². The summed E-state index contributed by atoms with van der Waals surface area (Å²) in [6.45, 7) is 6.37. The van der Waals surface area contributed by atoms with Crippen LogP contribution < -0.4 is 30.9 Å². The molecule has 18 nitrogen and oxygen atoms in total. The minimum atomic E-state index is -4.64. The monoisotopic (exact) mass is 746 g/mol. The van der Waals surface area contributed by atoms with E-state index in [-0.39, 0.29) is 0 Å². The van der Waals surface area contributed by atoms with Gasteiger partial charge in [0, 0.05) is 19.3 Å². The first-order valence-electron chi connectivity index (χ1n) is 9.48. The SMILES string of the molecule is O=[N+]([O-])[O][Bi]([O][N+](=O)[O-])[O][N+](=O)[O-].SC1=[NH+]CCCN1.SC1=[NH+]CCCN1.SC1=[NH+]CCCN1. The van der Waals surface area contributed by atoms with Gasteiger partial charge in [-0.05, 0) is 0 Å². The average molecular weight is 747 g/mol. The number of thiol groups is 3. The van der Waals surface area contributed by atoms with Crippen molar-refractivity contribution in [2.24, 2.45) is 0 Å². The van der Waals surface area contributed by atoms with Gasteiger partial charge in [-0.2, -0.15) is 0 Å². The van der Waals surface area contributed by atoms with Crippen LogP contribution in [0.25, 0.3) is 0 Å². The zero-order valence-corrected chi connectivity index (χ0v) is 23.8. The first-order chi connectivity index (χ1) is 16.1. The first kappa shape index (κ1) is 31.9. The number of nitrogens with one attached hydrogen (secondary N) is 6. The number of rotatable bonds is 6. The van der Waals surface area contributed by atoms with Gasteiger partial charge in [0.2, 0.25) is 0 Å². The molecule has 0 aromatic rings. The summed E-state index contributed by atoms with van der Waals surface area (Å²) in [6.07, 6.45) is 3.60. The molecule has 3 aliphatic heterocycles. The number of nitrogens with zero attached hydrogens (tertiary/aromatic N) is 3. The van der Waals surface area contributed by atoms with Crippen molar-refractivity contribution in [1.82, 2.24) is 16.0 Å². The molecule has 0 fully saturated rings. The normalized spacial score (nSPS) is 16.1. The topological polar surface area (TPSA) is 235 Å². The fourth-order valence-corrected chi connectivity index (χ4v) is 4.19. The molecule has 0 unspecified atom stereocenters. The summed E-state index contributed by atoms with van der Waals surface area (Å²) in [5, 5.41) is 36.3. The molecular weight excluding hydrogens is 719 g/mol. The second-order valence-electron chi connectivity index (χ2n) is 5.81. The van der Waals surface area contributed by atoms with E-state index in [1.165, 1.54) is 19.3 Å². The van der Waals surface area contributed by atoms with Gasteiger partial charge in [-0.25, -0.2) is 0 Å². The maximum absolute atomic E-state index is 9.60. The van der Waals surface area contributed by atoms with Crippen molar-refractivity contribution >= 4 is 76.5 Å². The second kappa shape index (κ2) is 20.3. The van der Waals surface area contributed by atoms with Crippen LogP contribution in [0.3, 0.4) is 0 Å². The van der Waals surface area contributed by atoms with Gasteiger partial charge in [-0.15, -0.1) is 0 Å². The second-order valence-corrected chi connectivity index (χ2v) is 10.8. The van der Waals surface area contributed by atoms with Gasteiger partial charge in [0.25, 0.3) is 0 Å². The zero-order chi connectivity index (χ0) is 25.8. The van der Waals surface area contributed by atoms with E-state index >= 15 is 0 Å². The molecule has 0 aromatic heterocycles. The van der Waals surface area contributed by atoms with Crippen LogP contribution >= 0.6 is 37.9 Å². The summed E-state index contributed by atoms with van der Waals surface area (Å²) in [4.78, 5) is 38.0. The predicted molar refractivity (Wildman–Crippen MR) is 127 cm³/mol. The molecule has 0 spiro atoms. The van der Waals surface area contributed by atoms with E-state index in [0.717, 1.165) is 54.8 Å². The van der Waals surface area contributed by atoms with Gasteiger partial charge in [-0.3, -0.25) is 30.9 Å². The standard InChI is InChI=1S/3C4H8N2S.Bi.3NO3/c3*7-4-5-2-1-3-6-4;;3*2-1(3)4/h3*1-3H2,(H2,5,6,7);;;;/q;;;+3;3*-1/p+3. The predicted octanol–water partition coefficient (Wildman–Crippen LogP) is -6.37. The molecule has 22 heteroatoms. The number of hydrogen-bond acceptors (Lipinski definition) is 12. The minimum absolute atomic E-state index is 0.909. The van der Waals surface area contributed by atoms with Gasteiger partial charge in [-0.1, -0.05) is 37.9 Å². The van der Waals surface area contributed by atoms with Crippen LogP contribution in [-0.2, 0) is 8.74 Å². The van der Waals surface area contributed by atoms with Gasteiger partial charge in [0.05, 0.1) is 39.3 Å². The quantitative estimate of drug-likeness (QED) is 0.0535. The fourth-order valence-electron chi connectivity index (χ4n) is 1.90. The van der Waals surface area contributed by atoms with Crippen molar-refractivity contribution in [1.29, 1.82) is 0 Å². The van der Waals surface area contributed by atoms with E-state index in [0.29, 0.717) is 0 Å². The third-order valence-corrected chi connectivity index (χ3v) is 7.27. The van der Waals surface area contributed by atoms with E-state index in [9.17, 15) is 30.3 Å². The molecule has 0 aromatic carbocycles. The molecule has 0 bridgehead atoms. The minimum Gasteiger partial charge on any atom is -0.269 e. The van der Waals surface area contributed by atoms with Crippen molar-refractivity contribution in [3.05, 3.63) is 30.3 Å². The summed E-state index contributed by atoms with van der Waals surface area (Å²) in [5.74, 6) is 0. The van der Waals surface area contributed by atoms with Gasteiger partial charge in [0.15, 0.2) is 0 Å². The van der Waals surface area contributed by atoms with Crippen LogP contribution in [-0.4, -0.2) is 93.1 Å². The van der Waals surface area contributed by atoms with Crippen LogP contribution in [0, 0.1) is 30.3 Å². The van der Waals surface area contributed by atoms with Crippen molar-refractivity contribution in [2.45, 2.75) is 19.3 Å². The summed E-state index contributed by atoms with van der Waals surface area (Å²) < 4.78 is 10.4. The molecule has 6 N–H and O–H groups in total. The van der Waals surface area contributed by atoms with E-state index < -0.39 is 38.3 Å². The van der Waals surface area contributed by atoms with Gasteiger partial charge < -0.3 is 0 Å². The van der Waals surface area contributed by atoms with Gasteiger partial charge >= 0.3 is 92.9 Å². The van der Waals surface area contributed by atoms with Crippen molar-refractivity contribution < 1.29 is 39.0 Å². The zero-order valence-electron chi connectivity index (χ0n) is 17.7. The molecule has 0 amide bonds. The molecule has 34 heavy (non-hydrogen) atoms. The summed E-state index contributed by atoms with van der Waals surface area (Å²) in [7, 11) is 0. The van der Waals surface area contributed by atoms with E-state index in [1.54, 1.807) is 0 Å². The van der Waals surface area contributed by atoms with E-state index in [4.69, 9.17) is 0 Å². The third kappa shape index (κ3) is 21.8. The number of amidine groups is 3. The van der Waals surface area contributed by atoms with Crippen molar-refractivity contribution in [3.63, 3.8) is 0 Å². The van der Waals surface area contributed by atoms with Crippen LogP contribution in [0.1, 0.15) is 19.3 Å². The first-order valence-corrected chi connectivity index (χ1v) is 15.1. The molecule has 3 aliphatic rings. The maximum Gasteiger partial charge on any atom is 0.300 e. The van der Waals surface area contributed by atoms with Crippen molar-refractivity contribution in [2.75, 3.05) is 39.3 Å². The molecule has 194 valence electrons. The smallest absolute Gasteiger partial charge is 0.269 e. The molecule has 3 heterocycles. The molecule has 3 rings (SSSR count). The number of hydrogen-bond donors (Lipinski definition) is 9. The Labute approximate surface area is 219 Å². The third-order valence-electron chi connectivity index (χ3n) is 3.22. The Morgan fingerprint density at radius 3 is 1.03 bits per heavy atom. The largest absolute Gasteiger partial charge is 0.300 e.